The average Bonchev–Trinajstić information content (AvgIpc) is 2.34. The number of anilines is 1. The Kier molecular flexibility index (Phi) is 4.65. The molecule has 0 unspecified atom stereocenters. The highest BCUT2D eigenvalue weighted by Gasteiger charge is 2.03. The molecular weight excluding hydrogens is 384 g/mol. The Morgan fingerprint density at radius 3 is 2.61 bits per heavy atom. The minimum absolute atomic E-state index is 0.291. The first-order valence-corrected chi connectivity index (χ1v) is 7.15. The maximum Gasteiger partial charge on any atom is 0.139 e. The van der Waals surface area contributed by atoms with Crippen LogP contribution in [0.1, 0.15) is 5.56 Å². The molecule has 0 aliphatic carbocycles. The van der Waals surface area contributed by atoms with Crippen molar-refractivity contribution < 1.29 is 4.39 Å². The highest BCUT2D eigenvalue weighted by molar-refractivity contribution is 9.10. The predicted molar refractivity (Wildman–Crippen MR) is 80.6 cm³/mol. The number of hydrogen-bond donors (Lipinski definition) is 1. The summed E-state index contributed by atoms with van der Waals surface area (Å²) in [4.78, 5) is 0. The van der Waals surface area contributed by atoms with Crippen LogP contribution >= 0.6 is 43.5 Å². The Hall–Kier alpha value is -0.580. The van der Waals surface area contributed by atoms with E-state index in [0.717, 1.165) is 10.0 Å². The van der Waals surface area contributed by atoms with Gasteiger partial charge in [-0.05, 0) is 57.9 Å². The molecule has 5 heteroatoms. The number of halogens is 4. The van der Waals surface area contributed by atoms with Gasteiger partial charge in [-0.2, -0.15) is 0 Å². The maximum atomic E-state index is 13.3. The summed E-state index contributed by atoms with van der Waals surface area (Å²) in [5.74, 6) is -0.291. The Balaban J connectivity index is 2.11. The van der Waals surface area contributed by atoms with Crippen LogP contribution in [0.15, 0.2) is 45.3 Å². The van der Waals surface area contributed by atoms with Gasteiger partial charge in [0.25, 0.3) is 0 Å². The predicted octanol–water partition coefficient (Wildman–Crippen LogP) is 5.62. The average molecular weight is 393 g/mol. The van der Waals surface area contributed by atoms with Gasteiger partial charge in [-0.15, -0.1) is 0 Å². The van der Waals surface area contributed by atoms with Crippen molar-refractivity contribution in [2.24, 2.45) is 0 Å². The van der Waals surface area contributed by atoms with Crippen LogP contribution in [-0.4, -0.2) is 0 Å². The molecule has 0 heterocycles. The summed E-state index contributed by atoms with van der Waals surface area (Å²) in [6.07, 6.45) is 0. The van der Waals surface area contributed by atoms with Crippen molar-refractivity contribution >= 4 is 49.1 Å². The fourth-order valence-electron chi connectivity index (χ4n) is 1.48. The molecule has 1 N–H and O–H groups in total. The third-order valence-corrected chi connectivity index (χ3v) is 3.92. The smallest absolute Gasteiger partial charge is 0.139 e. The summed E-state index contributed by atoms with van der Waals surface area (Å²) in [5.41, 5.74) is 1.67. The molecule has 18 heavy (non-hydrogen) atoms. The summed E-state index contributed by atoms with van der Waals surface area (Å²) in [7, 11) is 0. The van der Waals surface area contributed by atoms with Crippen LogP contribution < -0.4 is 5.32 Å². The van der Waals surface area contributed by atoms with E-state index in [1.165, 1.54) is 6.07 Å². The summed E-state index contributed by atoms with van der Waals surface area (Å²) >= 11 is 12.6. The lowest BCUT2D eigenvalue weighted by molar-refractivity contribution is 0.621. The van der Waals surface area contributed by atoms with Crippen LogP contribution in [0.3, 0.4) is 0 Å². The van der Waals surface area contributed by atoms with Gasteiger partial charge in [0.2, 0.25) is 0 Å². The molecule has 0 saturated carbocycles. The molecule has 2 aromatic carbocycles. The van der Waals surface area contributed by atoms with Gasteiger partial charge >= 0.3 is 0 Å². The largest absolute Gasteiger partial charge is 0.381 e. The number of rotatable bonds is 3. The van der Waals surface area contributed by atoms with Gasteiger partial charge in [0, 0.05) is 21.7 Å². The molecule has 2 rings (SSSR count). The van der Waals surface area contributed by atoms with Crippen molar-refractivity contribution in [2.75, 3.05) is 5.32 Å². The SMILES string of the molecule is Fc1cc(NCc2cc(Br)ccc2Cl)ccc1Br. The van der Waals surface area contributed by atoms with E-state index < -0.39 is 0 Å². The zero-order valence-corrected chi connectivity index (χ0v) is 13.1. The van der Waals surface area contributed by atoms with Crippen LogP contribution in [0, 0.1) is 5.82 Å². The fraction of sp³-hybridized carbons (Fsp3) is 0.0769. The molecule has 2 aromatic rings. The molecule has 0 aliphatic heterocycles. The van der Waals surface area contributed by atoms with Crippen LogP contribution in [0.4, 0.5) is 10.1 Å². The summed E-state index contributed by atoms with van der Waals surface area (Å²) in [6.45, 7) is 0.541. The molecule has 0 amide bonds. The van der Waals surface area contributed by atoms with Crippen LogP contribution in [0.2, 0.25) is 5.02 Å². The van der Waals surface area contributed by atoms with Crippen molar-refractivity contribution in [3.8, 4) is 0 Å². The summed E-state index contributed by atoms with van der Waals surface area (Å²) in [5, 5.41) is 3.81. The third-order valence-electron chi connectivity index (χ3n) is 2.41. The molecule has 0 fully saturated rings. The zero-order chi connectivity index (χ0) is 13.1. The quantitative estimate of drug-likeness (QED) is 0.714. The second kappa shape index (κ2) is 6.04. The van der Waals surface area contributed by atoms with Crippen LogP contribution in [0.25, 0.3) is 0 Å². The molecule has 0 aromatic heterocycles. The van der Waals surface area contributed by atoms with E-state index in [1.807, 2.05) is 18.2 Å². The van der Waals surface area contributed by atoms with Gasteiger partial charge in [-0.3, -0.25) is 0 Å². The lowest BCUT2D eigenvalue weighted by Crippen LogP contribution is -2.00. The molecule has 94 valence electrons. The lowest BCUT2D eigenvalue weighted by Gasteiger charge is -2.09. The van der Waals surface area contributed by atoms with Crippen molar-refractivity contribution in [2.45, 2.75) is 6.54 Å². The van der Waals surface area contributed by atoms with E-state index in [9.17, 15) is 4.39 Å². The van der Waals surface area contributed by atoms with Crippen molar-refractivity contribution in [1.29, 1.82) is 0 Å². The van der Waals surface area contributed by atoms with E-state index in [-0.39, 0.29) is 5.82 Å². The molecule has 0 aliphatic rings. The highest BCUT2D eigenvalue weighted by atomic mass is 79.9. The van der Waals surface area contributed by atoms with E-state index in [0.29, 0.717) is 21.7 Å². The van der Waals surface area contributed by atoms with Gasteiger partial charge in [-0.1, -0.05) is 27.5 Å². The number of nitrogens with one attached hydrogen (secondary N) is 1. The number of hydrogen-bond acceptors (Lipinski definition) is 1. The zero-order valence-electron chi connectivity index (χ0n) is 9.18. The molecule has 0 saturated heterocycles. The van der Waals surface area contributed by atoms with Crippen LogP contribution in [-0.2, 0) is 6.54 Å². The Morgan fingerprint density at radius 1 is 1.11 bits per heavy atom. The number of benzene rings is 2. The van der Waals surface area contributed by atoms with E-state index >= 15 is 0 Å². The topological polar surface area (TPSA) is 12.0 Å². The summed E-state index contributed by atoms with van der Waals surface area (Å²) < 4.78 is 14.7. The van der Waals surface area contributed by atoms with E-state index in [4.69, 9.17) is 11.6 Å². The third kappa shape index (κ3) is 3.46. The minimum atomic E-state index is -0.291. The minimum Gasteiger partial charge on any atom is -0.381 e. The van der Waals surface area contributed by atoms with Gasteiger partial charge in [0.05, 0.1) is 4.47 Å². The van der Waals surface area contributed by atoms with E-state index in [1.54, 1.807) is 12.1 Å². The summed E-state index contributed by atoms with van der Waals surface area (Å²) in [6, 6.07) is 10.6. The van der Waals surface area contributed by atoms with Crippen molar-refractivity contribution in [3.63, 3.8) is 0 Å². The second-order valence-corrected chi connectivity index (χ2v) is 5.90. The monoisotopic (exact) mass is 391 g/mol. The molecule has 0 bridgehead atoms. The standard InChI is InChI=1S/C13H9Br2ClFN/c14-9-1-4-12(16)8(5-9)7-18-10-2-3-11(15)13(17)6-10/h1-6,18H,7H2. The first-order valence-electron chi connectivity index (χ1n) is 5.19. The molecule has 0 atom stereocenters. The van der Waals surface area contributed by atoms with Gasteiger partial charge in [-0.25, -0.2) is 4.39 Å². The van der Waals surface area contributed by atoms with E-state index in [2.05, 4.69) is 37.2 Å². The highest BCUT2D eigenvalue weighted by Crippen LogP contribution is 2.23. The second-order valence-electron chi connectivity index (χ2n) is 3.72. The Morgan fingerprint density at radius 2 is 1.89 bits per heavy atom. The Bertz CT molecular complexity index is 575. The fourth-order valence-corrected chi connectivity index (χ4v) is 2.32. The molecular formula is C13H9Br2ClFN. The first-order chi connectivity index (χ1) is 8.56. The van der Waals surface area contributed by atoms with Crippen LogP contribution in [0.5, 0.6) is 0 Å². The van der Waals surface area contributed by atoms with Crippen molar-refractivity contribution in [3.05, 3.63) is 61.7 Å². The Labute approximate surface area is 127 Å². The van der Waals surface area contributed by atoms with Gasteiger partial charge < -0.3 is 5.32 Å². The first kappa shape index (κ1) is 13.8. The van der Waals surface area contributed by atoms with Gasteiger partial charge in [0.15, 0.2) is 0 Å². The maximum absolute atomic E-state index is 13.3. The normalized spacial score (nSPS) is 10.4. The molecule has 1 nitrogen and oxygen atoms in total. The van der Waals surface area contributed by atoms with Crippen molar-refractivity contribution in [1.82, 2.24) is 0 Å². The molecule has 0 spiro atoms. The lowest BCUT2D eigenvalue weighted by atomic mass is 10.2. The molecule has 0 radical (unpaired) electrons. The van der Waals surface area contributed by atoms with Gasteiger partial charge in [0.1, 0.15) is 5.82 Å².